The third-order valence-corrected chi connectivity index (χ3v) is 4.44. The molecule has 0 aliphatic heterocycles. The van der Waals surface area contributed by atoms with E-state index >= 15 is 0 Å². The van der Waals surface area contributed by atoms with Gasteiger partial charge in [-0.15, -0.1) is 0 Å². The molecule has 1 N–H and O–H groups in total. The minimum Gasteiger partial charge on any atom is -0.352 e. The maximum atomic E-state index is 12.6. The molecule has 1 aliphatic carbocycles. The van der Waals surface area contributed by atoms with Crippen LogP contribution < -0.4 is 5.32 Å². The Balaban J connectivity index is 2.66. The minimum atomic E-state index is -0.800. The molecule has 0 aromatic carbocycles. The standard InChI is InChI=1S/C17H30N2O/c1-3-12-17(14-18,13-4-2)16(20)19-15-10-8-6-5-7-9-11-15/h15H,3-13H2,1-2H3,(H,19,20). The first-order chi connectivity index (χ1) is 9.68. The first kappa shape index (κ1) is 17.0. The summed E-state index contributed by atoms with van der Waals surface area (Å²) in [6, 6.07) is 2.60. The molecule has 0 aromatic heterocycles. The highest BCUT2D eigenvalue weighted by Gasteiger charge is 2.37. The zero-order valence-corrected chi connectivity index (χ0v) is 13.2. The zero-order chi connectivity index (χ0) is 14.8. The highest BCUT2D eigenvalue weighted by Crippen LogP contribution is 2.30. The Morgan fingerprint density at radius 1 is 1.10 bits per heavy atom. The monoisotopic (exact) mass is 278 g/mol. The van der Waals surface area contributed by atoms with Crippen molar-refractivity contribution in [1.29, 1.82) is 5.26 Å². The fourth-order valence-corrected chi connectivity index (χ4v) is 3.29. The number of nitrogens with one attached hydrogen (secondary N) is 1. The van der Waals surface area contributed by atoms with Gasteiger partial charge in [0.2, 0.25) is 5.91 Å². The number of amides is 1. The smallest absolute Gasteiger partial charge is 0.240 e. The average Bonchev–Trinajstić information content (AvgIpc) is 2.41. The molecular formula is C17H30N2O. The summed E-state index contributed by atoms with van der Waals surface area (Å²) in [4.78, 5) is 12.6. The highest BCUT2D eigenvalue weighted by molar-refractivity contribution is 5.85. The zero-order valence-electron chi connectivity index (χ0n) is 13.2. The van der Waals surface area contributed by atoms with Crippen molar-refractivity contribution < 1.29 is 4.79 Å². The Bertz CT molecular complexity index is 318. The quantitative estimate of drug-likeness (QED) is 0.786. The van der Waals surface area contributed by atoms with E-state index in [-0.39, 0.29) is 11.9 Å². The van der Waals surface area contributed by atoms with Crippen LogP contribution >= 0.6 is 0 Å². The van der Waals surface area contributed by atoms with Gasteiger partial charge < -0.3 is 5.32 Å². The summed E-state index contributed by atoms with van der Waals surface area (Å²) >= 11 is 0. The van der Waals surface area contributed by atoms with Gasteiger partial charge in [0.05, 0.1) is 6.07 Å². The highest BCUT2D eigenvalue weighted by atomic mass is 16.2. The molecule has 1 rings (SSSR count). The van der Waals surface area contributed by atoms with Gasteiger partial charge in [-0.1, -0.05) is 58.8 Å². The molecule has 0 aromatic rings. The van der Waals surface area contributed by atoms with E-state index in [0.29, 0.717) is 12.8 Å². The van der Waals surface area contributed by atoms with Crippen molar-refractivity contribution in [2.24, 2.45) is 5.41 Å². The molecule has 3 nitrogen and oxygen atoms in total. The van der Waals surface area contributed by atoms with E-state index < -0.39 is 5.41 Å². The summed E-state index contributed by atoms with van der Waals surface area (Å²) in [6.45, 7) is 4.09. The second-order valence-electron chi connectivity index (χ2n) is 6.21. The number of hydrogen-bond donors (Lipinski definition) is 1. The van der Waals surface area contributed by atoms with E-state index in [0.717, 1.165) is 25.7 Å². The Morgan fingerprint density at radius 3 is 2.05 bits per heavy atom. The van der Waals surface area contributed by atoms with Crippen molar-refractivity contribution in [3.63, 3.8) is 0 Å². The lowest BCUT2D eigenvalue weighted by Gasteiger charge is -2.29. The van der Waals surface area contributed by atoms with E-state index in [2.05, 4.69) is 11.4 Å². The van der Waals surface area contributed by atoms with Crippen LogP contribution in [0.4, 0.5) is 0 Å². The summed E-state index contributed by atoms with van der Waals surface area (Å²) in [5, 5.41) is 12.7. The fraction of sp³-hybridized carbons (Fsp3) is 0.882. The van der Waals surface area contributed by atoms with Crippen molar-refractivity contribution in [2.45, 2.75) is 90.5 Å². The topological polar surface area (TPSA) is 52.9 Å². The summed E-state index contributed by atoms with van der Waals surface area (Å²) < 4.78 is 0. The molecule has 0 saturated heterocycles. The number of carbonyl (C=O) groups is 1. The normalized spacial score (nSPS) is 17.9. The molecule has 1 amide bonds. The minimum absolute atomic E-state index is 0.0192. The van der Waals surface area contributed by atoms with Crippen molar-refractivity contribution in [1.82, 2.24) is 5.32 Å². The van der Waals surface area contributed by atoms with Crippen LogP contribution in [0, 0.1) is 16.7 Å². The fourth-order valence-electron chi connectivity index (χ4n) is 3.29. The molecule has 3 heteroatoms. The molecule has 0 radical (unpaired) electrons. The summed E-state index contributed by atoms with van der Waals surface area (Å²) in [7, 11) is 0. The maximum absolute atomic E-state index is 12.6. The second-order valence-corrected chi connectivity index (χ2v) is 6.21. The van der Waals surface area contributed by atoms with Crippen LogP contribution in [0.2, 0.25) is 0 Å². The third kappa shape index (κ3) is 4.81. The Hall–Kier alpha value is -1.04. The second kappa shape index (κ2) is 9.00. The summed E-state index contributed by atoms with van der Waals surface area (Å²) in [6.07, 6.45) is 11.5. The predicted molar refractivity (Wildman–Crippen MR) is 82.1 cm³/mol. The molecule has 1 saturated carbocycles. The molecular weight excluding hydrogens is 248 g/mol. The first-order valence-electron chi connectivity index (χ1n) is 8.40. The van der Waals surface area contributed by atoms with Crippen molar-refractivity contribution >= 4 is 5.91 Å². The molecule has 0 atom stereocenters. The van der Waals surface area contributed by atoms with E-state index in [1.165, 1.54) is 32.1 Å². The van der Waals surface area contributed by atoms with Gasteiger partial charge in [0.25, 0.3) is 0 Å². The van der Waals surface area contributed by atoms with Gasteiger partial charge >= 0.3 is 0 Å². The largest absolute Gasteiger partial charge is 0.352 e. The molecule has 1 fully saturated rings. The van der Waals surface area contributed by atoms with Gasteiger partial charge in [0.15, 0.2) is 0 Å². The average molecular weight is 278 g/mol. The molecule has 0 bridgehead atoms. The maximum Gasteiger partial charge on any atom is 0.240 e. The van der Waals surface area contributed by atoms with E-state index in [9.17, 15) is 10.1 Å². The van der Waals surface area contributed by atoms with Crippen LogP contribution in [0.5, 0.6) is 0 Å². The van der Waals surface area contributed by atoms with E-state index in [1.807, 2.05) is 13.8 Å². The Morgan fingerprint density at radius 2 is 1.60 bits per heavy atom. The number of nitriles is 1. The van der Waals surface area contributed by atoms with Crippen LogP contribution in [-0.4, -0.2) is 11.9 Å². The molecule has 0 spiro atoms. The van der Waals surface area contributed by atoms with Crippen LogP contribution in [0.3, 0.4) is 0 Å². The van der Waals surface area contributed by atoms with Gasteiger partial charge in [-0.05, 0) is 25.7 Å². The van der Waals surface area contributed by atoms with Crippen molar-refractivity contribution in [2.75, 3.05) is 0 Å². The number of carbonyl (C=O) groups excluding carboxylic acids is 1. The van der Waals surface area contributed by atoms with Crippen LogP contribution in [0.15, 0.2) is 0 Å². The summed E-state index contributed by atoms with van der Waals surface area (Å²) in [5.41, 5.74) is -0.800. The van der Waals surface area contributed by atoms with Gasteiger partial charge in [0.1, 0.15) is 5.41 Å². The lowest BCUT2D eigenvalue weighted by atomic mass is 9.79. The Kier molecular flexibility index (Phi) is 7.65. The number of rotatable bonds is 6. The van der Waals surface area contributed by atoms with Gasteiger partial charge in [-0.25, -0.2) is 0 Å². The molecule has 20 heavy (non-hydrogen) atoms. The predicted octanol–water partition coefficient (Wildman–Crippen LogP) is 4.33. The van der Waals surface area contributed by atoms with Crippen LogP contribution in [-0.2, 0) is 4.79 Å². The third-order valence-electron chi connectivity index (χ3n) is 4.44. The van der Waals surface area contributed by atoms with E-state index in [1.54, 1.807) is 0 Å². The van der Waals surface area contributed by atoms with Crippen molar-refractivity contribution in [3.05, 3.63) is 0 Å². The first-order valence-corrected chi connectivity index (χ1v) is 8.40. The van der Waals surface area contributed by atoms with Crippen LogP contribution in [0.25, 0.3) is 0 Å². The summed E-state index contributed by atoms with van der Waals surface area (Å²) in [5.74, 6) is -0.0192. The van der Waals surface area contributed by atoms with Gasteiger partial charge in [-0.2, -0.15) is 5.26 Å². The molecule has 0 unspecified atom stereocenters. The van der Waals surface area contributed by atoms with Gasteiger partial charge in [-0.3, -0.25) is 4.79 Å². The molecule has 0 heterocycles. The molecule has 114 valence electrons. The SMILES string of the molecule is CCCC(C#N)(CCC)C(=O)NC1CCCCCCC1. The van der Waals surface area contributed by atoms with Crippen LogP contribution in [0.1, 0.15) is 84.5 Å². The van der Waals surface area contributed by atoms with Gasteiger partial charge in [0, 0.05) is 6.04 Å². The number of hydrogen-bond acceptors (Lipinski definition) is 2. The lowest BCUT2D eigenvalue weighted by molar-refractivity contribution is -0.129. The lowest BCUT2D eigenvalue weighted by Crippen LogP contribution is -2.45. The van der Waals surface area contributed by atoms with Crippen molar-refractivity contribution in [3.8, 4) is 6.07 Å². The Labute approximate surface area is 124 Å². The molecule has 1 aliphatic rings. The number of nitrogens with zero attached hydrogens (tertiary/aromatic N) is 1. The van der Waals surface area contributed by atoms with E-state index in [4.69, 9.17) is 0 Å².